The Kier molecular flexibility index (Phi) is 6.22. The highest BCUT2D eigenvalue weighted by atomic mass is 79.9. The molecule has 0 spiro atoms. The van der Waals surface area contributed by atoms with Crippen LogP contribution in [0.4, 0.5) is 0 Å². The number of rotatable bonds is 4. The molecule has 29 heavy (non-hydrogen) atoms. The van der Waals surface area contributed by atoms with Crippen molar-refractivity contribution in [3.63, 3.8) is 0 Å². The van der Waals surface area contributed by atoms with Crippen LogP contribution in [0, 0.1) is 0 Å². The number of nitrogens with zero attached hydrogens (tertiary/aromatic N) is 3. The fraction of sp³-hybridized carbons (Fsp3) is 0.286. The van der Waals surface area contributed by atoms with Gasteiger partial charge in [-0.05, 0) is 53.2 Å². The number of aromatic nitrogens is 4. The van der Waals surface area contributed by atoms with Crippen LogP contribution in [0.25, 0.3) is 33.6 Å². The highest BCUT2D eigenvalue weighted by Crippen LogP contribution is 2.33. The lowest BCUT2D eigenvalue weighted by Crippen LogP contribution is -2.03. The molecule has 0 aliphatic rings. The van der Waals surface area contributed by atoms with Gasteiger partial charge in [0.15, 0.2) is 5.82 Å². The summed E-state index contributed by atoms with van der Waals surface area (Å²) in [6, 6.07) is 9.29. The Balaban J connectivity index is 0.00000117. The van der Waals surface area contributed by atoms with Crippen LogP contribution < -0.4 is 4.74 Å². The molecule has 4 aromatic rings. The third kappa shape index (κ3) is 3.72. The van der Waals surface area contributed by atoms with Crippen molar-refractivity contribution < 1.29 is 14.3 Å². The van der Waals surface area contributed by atoms with Crippen molar-refractivity contribution >= 4 is 44.0 Å². The van der Waals surface area contributed by atoms with Crippen molar-refractivity contribution in [3.8, 4) is 17.3 Å². The molecule has 1 aromatic carbocycles. The van der Waals surface area contributed by atoms with Crippen LogP contribution in [0.15, 0.2) is 34.9 Å². The molecule has 0 aliphatic carbocycles. The van der Waals surface area contributed by atoms with Crippen LogP contribution in [0.1, 0.15) is 31.1 Å². The number of pyridine rings is 1. The number of imidazole rings is 1. The minimum atomic E-state index is -0.428. The summed E-state index contributed by atoms with van der Waals surface area (Å²) in [4.78, 5) is 24.5. The third-order valence-corrected chi connectivity index (χ3v) is 4.89. The second-order valence-corrected chi connectivity index (χ2v) is 6.78. The van der Waals surface area contributed by atoms with E-state index in [1.165, 1.54) is 7.11 Å². The van der Waals surface area contributed by atoms with Gasteiger partial charge in [-0.3, -0.25) is 0 Å². The van der Waals surface area contributed by atoms with E-state index in [9.17, 15) is 4.79 Å². The first kappa shape index (κ1) is 20.9. The summed E-state index contributed by atoms with van der Waals surface area (Å²) in [7, 11) is 2.93. The van der Waals surface area contributed by atoms with Crippen LogP contribution in [0.3, 0.4) is 0 Å². The number of methoxy groups -OCH3 is 2. The molecule has 0 bridgehead atoms. The Labute approximate surface area is 177 Å². The van der Waals surface area contributed by atoms with Crippen molar-refractivity contribution in [1.29, 1.82) is 0 Å². The molecule has 8 heteroatoms. The number of nitrogens with one attached hydrogen (secondary N) is 1. The van der Waals surface area contributed by atoms with Crippen LogP contribution in [-0.2, 0) is 11.3 Å². The second-order valence-electron chi connectivity index (χ2n) is 5.97. The number of H-pyrrole nitrogens is 1. The highest BCUT2D eigenvalue weighted by Gasteiger charge is 2.20. The standard InChI is InChI=1S/C19H17BrN4O3.C2H6/c1-4-24-16-12(8-11(19(25)27-3)9-14(16)26-2)22-18(24)13-7-10-5-6-15(20)23-17(10)21-13;1-2/h5-9H,4H2,1-3H3,(H,21,23);1-2H3. The van der Waals surface area contributed by atoms with E-state index in [-0.39, 0.29) is 0 Å². The number of carbonyl (C=O) groups excluding carboxylic acids is 1. The number of halogens is 1. The van der Waals surface area contributed by atoms with Crippen LogP contribution >= 0.6 is 15.9 Å². The monoisotopic (exact) mass is 458 g/mol. The third-order valence-electron chi connectivity index (χ3n) is 4.45. The number of benzene rings is 1. The van der Waals surface area contributed by atoms with Gasteiger partial charge in [0.1, 0.15) is 21.5 Å². The lowest BCUT2D eigenvalue weighted by molar-refractivity contribution is 0.0600. The van der Waals surface area contributed by atoms with E-state index < -0.39 is 5.97 Å². The lowest BCUT2D eigenvalue weighted by atomic mass is 10.2. The summed E-state index contributed by atoms with van der Waals surface area (Å²) in [5.74, 6) is 0.898. The van der Waals surface area contributed by atoms with Crippen LogP contribution in [-0.4, -0.2) is 39.7 Å². The van der Waals surface area contributed by atoms with Gasteiger partial charge >= 0.3 is 5.97 Å². The van der Waals surface area contributed by atoms with Gasteiger partial charge in [0, 0.05) is 11.9 Å². The van der Waals surface area contributed by atoms with Crippen LogP contribution in [0.5, 0.6) is 5.75 Å². The number of fused-ring (bicyclic) bond motifs is 2. The normalized spacial score (nSPS) is 10.7. The number of carbonyl (C=O) groups is 1. The van der Waals surface area contributed by atoms with Gasteiger partial charge in [-0.2, -0.15) is 0 Å². The quantitative estimate of drug-likeness (QED) is 0.336. The first-order valence-corrected chi connectivity index (χ1v) is 10.2. The molecule has 0 aliphatic heterocycles. The van der Waals surface area contributed by atoms with E-state index in [2.05, 4.69) is 30.5 Å². The van der Waals surface area contributed by atoms with Crippen molar-refractivity contribution in [1.82, 2.24) is 19.5 Å². The fourth-order valence-electron chi connectivity index (χ4n) is 3.24. The second kappa shape index (κ2) is 8.65. The van der Waals surface area contributed by atoms with Crippen molar-refractivity contribution in [2.24, 2.45) is 0 Å². The number of hydrogen-bond donors (Lipinski definition) is 1. The number of ether oxygens (including phenoxy) is 2. The summed E-state index contributed by atoms with van der Waals surface area (Å²) >= 11 is 3.39. The summed E-state index contributed by atoms with van der Waals surface area (Å²) in [6.45, 7) is 6.72. The minimum Gasteiger partial charge on any atom is -0.494 e. The van der Waals surface area contributed by atoms with Gasteiger partial charge in [-0.1, -0.05) is 13.8 Å². The topological polar surface area (TPSA) is 82.0 Å². The van der Waals surface area contributed by atoms with E-state index in [0.717, 1.165) is 32.7 Å². The summed E-state index contributed by atoms with van der Waals surface area (Å²) in [6.07, 6.45) is 0. The Bertz CT molecular complexity index is 1180. The van der Waals surface area contributed by atoms with E-state index >= 15 is 0 Å². The number of aryl methyl sites for hydroxylation is 1. The van der Waals surface area contributed by atoms with Gasteiger partial charge in [0.25, 0.3) is 0 Å². The molecular weight excluding hydrogens is 436 g/mol. The molecular formula is C21H23BrN4O3. The molecule has 0 amide bonds. The van der Waals surface area contributed by atoms with Gasteiger partial charge in [-0.15, -0.1) is 0 Å². The SMILES string of the molecule is CC.CCn1c(-c2cc3ccc(Br)nc3[nH]2)nc2cc(C(=O)OC)cc(OC)c21. The number of esters is 1. The maximum Gasteiger partial charge on any atom is 0.338 e. The fourth-order valence-corrected chi connectivity index (χ4v) is 3.55. The maximum absolute atomic E-state index is 12.0. The molecule has 0 saturated carbocycles. The van der Waals surface area contributed by atoms with Gasteiger partial charge in [0.2, 0.25) is 0 Å². The van der Waals surface area contributed by atoms with Gasteiger partial charge < -0.3 is 19.0 Å². The molecule has 152 valence electrons. The van der Waals surface area contributed by atoms with E-state index in [0.29, 0.717) is 23.4 Å². The molecule has 3 aromatic heterocycles. The molecule has 0 saturated heterocycles. The van der Waals surface area contributed by atoms with Crippen molar-refractivity contribution in [3.05, 3.63) is 40.5 Å². The van der Waals surface area contributed by atoms with Crippen molar-refractivity contribution in [2.75, 3.05) is 14.2 Å². The molecule has 0 atom stereocenters. The average Bonchev–Trinajstić information content (AvgIpc) is 3.34. The summed E-state index contributed by atoms with van der Waals surface area (Å²) in [5.41, 5.74) is 3.51. The predicted octanol–water partition coefficient (Wildman–Crippen LogP) is 5.18. The zero-order valence-electron chi connectivity index (χ0n) is 17.0. The van der Waals surface area contributed by atoms with E-state index in [1.54, 1.807) is 19.2 Å². The zero-order valence-corrected chi connectivity index (χ0v) is 18.6. The first-order chi connectivity index (χ1) is 14.0. The molecule has 7 nitrogen and oxygen atoms in total. The maximum atomic E-state index is 12.0. The highest BCUT2D eigenvalue weighted by molar-refractivity contribution is 9.10. The Morgan fingerprint density at radius 1 is 1.17 bits per heavy atom. The first-order valence-electron chi connectivity index (χ1n) is 9.38. The molecule has 3 heterocycles. The van der Waals surface area contributed by atoms with Crippen molar-refractivity contribution in [2.45, 2.75) is 27.3 Å². The smallest absolute Gasteiger partial charge is 0.338 e. The van der Waals surface area contributed by atoms with Gasteiger partial charge in [-0.25, -0.2) is 14.8 Å². The molecule has 0 fully saturated rings. The molecule has 0 unspecified atom stereocenters. The Morgan fingerprint density at radius 2 is 1.93 bits per heavy atom. The number of aromatic amines is 1. The Hall–Kier alpha value is -2.87. The summed E-state index contributed by atoms with van der Waals surface area (Å²) < 4.78 is 13.2. The summed E-state index contributed by atoms with van der Waals surface area (Å²) in [5, 5.41) is 0.991. The van der Waals surface area contributed by atoms with E-state index in [1.807, 2.05) is 39.0 Å². The van der Waals surface area contributed by atoms with Gasteiger partial charge in [0.05, 0.1) is 31.0 Å². The number of hydrogen-bond acceptors (Lipinski definition) is 5. The lowest BCUT2D eigenvalue weighted by Gasteiger charge is -2.09. The predicted molar refractivity (Wildman–Crippen MR) is 117 cm³/mol. The average molecular weight is 459 g/mol. The molecule has 0 radical (unpaired) electrons. The minimum absolute atomic E-state index is 0.399. The molecule has 1 N–H and O–H groups in total. The Morgan fingerprint density at radius 3 is 2.59 bits per heavy atom. The van der Waals surface area contributed by atoms with Crippen LogP contribution in [0.2, 0.25) is 0 Å². The van der Waals surface area contributed by atoms with E-state index in [4.69, 9.17) is 14.5 Å². The largest absolute Gasteiger partial charge is 0.494 e. The molecule has 4 rings (SSSR count). The zero-order chi connectivity index (χ0) is 21.1.